The largest absolute Gasteiger partial charge is 0.333 e. The molecule has 2 aromatic rings. The molecule has 14 heavy (non-hydrogen) atoms. The molecule has 2 N–H and O–H groups in total. The summed E-state index contributed by atoms with van der Waals surface area (Å²) in [6, 6.07) is 4.21. The van der Waals surface area contributed by atoms with Gasteiger partial charge < -0.3 is 10.3 Å². The van der Waals surface area contributed by atoms with E-state index in [4.69, 9.17) is 5.73 Å². The summed E-state index contributed by atoms with van der Waals surface area (Å²) in [5.74, 6) is 0. The van der Waals surface area contributed by atoms with Gasteiger partial charge in [0.15, 0.2) is 0 Å². The van der Waals surface area contributed by atoms with E-state index in [1.165, 1.54) is 5.69 Å². The monoisotopic (exact) mass is 253 g/mol. The maximum absolute atomic E-state index is 5.54. The van der Waals surface area contributed by atoms with Gasteiger partial charge in [0.1, 0.15) is 5.65 Å². The molecule has 0 radical (unpaired) electrons. The Bertz CT molecular complexity index is 462. The minimum absolute atomic E-state index is 0.672. The molecule has 0 aliphatic heterocycles. The van der Waals surface area contributed by atoms with Crippen LogP contribution in [0.5, 0.6) is 0 Å². The lowest BCUT2D eigenvalue weighted by Gasteiger charge is -2.00. The second-order valence-corrected chi connectivity index (χ2v) is 4.22. The third-order valence-electron chi connectivity index (χ3n) is 2.33. The molecule has 0 aliphatic carbocycles. The maximum Gasteiger partial charge on any atom is 0.139 e. The van der Waals surface area contributed by atoms with E-state index < -0.39 is 0 Å². The summed E-state index contributed by atoms with van der Waals surface area (Å²) in [6.45, 7) is 0.672. The molecule has 2 rings (SSSR count). The van der Waals surface area contributed by atoms with Gasteiger partial charge >= 0.3 is 0 Å². The molecule has 0 aromatic carbocycles. The summed E-state index contributed by atoms with van der Waals surface area (Å²) in [4.78, 5) is 4.36. The molecular weight excluding hydrogens is 242 g/mol. The fraction of sp³-hybridized carbons (Fsp3) is 0.300. The molecule has 0 unspecified atom stereocenters. The molecule has 2 heterocycles. The Morgan fingerprint density at radius 3 is 3.00 bits per heavy atom. The van der Waals surface area contributed by atoms with Crippen LogP contribution in [0.1, 0.15) is 5.69 Å². The highest BCUT2D eigenvalue weighted by atomic mass is 79.9. The van der Waals surface area contributed by atoms with Gasteiger partial charge in [-0.05, 0) is 41.0 Å². The Kier molecular flexibility index (Phi) is 2.56. The van der Waals surface area contributed by atoms with Gasteiger partial charge in [0.2, 0.25) is 0 Å². The summed E-state index contributed by atoms with van der Waals surface area (Å²) in [5.41, 5.74) is 7.78. The molecule has 0 amide bonds. The van der Waals surface area contributed by atoms with Crippen molar-refractivity contribution in [3.05, 3.63) is 28.5 Å². The van der Waals surface area contributed by atoms with Crippen LogP contribution < -0.4 is 5.73 Å². The van der Waals surface area contributed by atoms with E-state index in [2.05, 4.69) is 37.6 Å². The van der Waals surface area contributed by atoms with E-state index in [0.717, 1.165) is 21.9 Å². The molecule has 0 saturated carbocycles. The van der Waals surface area contributed by atoms with Crippen LogP contribution in [0.25, 0.3) is 11.0 Å². The highest BCUT2D eigenvalue weighted by molar-refractivity contribution is 9.10. The molecule has 0 bridgehead atoms. The molecule has 0 atom stereocenters. The second kappa shape index (κ2) is 3.71. The molecule has 0 aliphatic rings. The third-order valence-corrected chi connectivity index (χ3v) is 2.77. The zero-order chi connectivity index (χ0) is 10.1. The van der Waals surface area contributed by atoms with Crippen LogP contribution in [0, 0.1) is 0 Å². The Morgan fingerprint density at radius 2 is 2.29 bits per heavy atom. The first-order chi connectivity index (χ1) is 6.72. The fourth-order valence-electron chi connectivity index (χ4n) is 1.63. The molecule has 3 nitrogen and oxygen atoms in total. The van der Waals surface area contributed by atoms with E-state index in [1.807, 2.05) is 13.2 Å². The number of hydrogen-bond acceptors (Lipinski definition) is 2. The third kappa shape index (κ3) is 1.55. The first-order valence-corrected chi connectivity index (χ1v) is 5.31. The predicted octanol–water partition coefficient (Wildman–Crippen LogP) is 1.84. The summed E-state index contributed by atoms with van der Waals surface area (Å²) >= 11 is 3.41. The molecule has 0 fully saturated rings. The number of fused-ring (bicyclic) bond motifs is 1. The summed E-state index contributed by atoms with van der Waals surface area (Å²) in [7, 11) is 2.02. The Labute approximate surface area is 91.1 Å². The average Bonchev–Trinajstić information content (AvgIpc) is 2.44. The van der Waals surface area contributed by atoms with Gasteiger partial charge in [-0.15, -0.1) is 0 Å². The average molecular weight is 254 g/mol. The number of pyridine rings is 1. The Hall–Kier alpha value is -0.870. The number of aryl methyl sites for hydroxylation is 1. The Morgan fingerprint density at radius 1 is 1.50 bits per heavy atom. The van der Waals surface area contributed by atoms with Crippen molar-refractivity contribution in [1.82, 2.24) is 9.55 Å². The fourth-order valence-corrected chi connectivity index (χ4v) is 1.98. The first kappa shape index (κ1) is 9.68. The quantitative estimate of drug-likeness (QED) is 0.888. The highest BCUT2D eigenvalue weighted by Gasteiger charge is 2.05. The van der Waals surface area contributed by atoms with Crippen molar-refractivity contribution in [3.8, 4) is 0 Å². The normalized spacial score (nSPS) is 11.1. The van der Waals surface area contributed by atoms with Crippen molar-refractivity contribution in [2.45, 2.75) is 6.42 Å². The summed E-state index contributed by atoms with van der Waals surface area (Å²) < 4.78 is 3.10. The second-order valence-electron chi connectivity index (χ2n) is 3.30. The van der Waals surface area contributed by atoms with Crippen molar-refractivity contribution in [3.63, 3.8) is 0 Å². The van der Waals surface area contributed by atoms with Gasteiger partial charge in [-0.1, -0.05) is 0 Å². The van der Waals surface area contributed by atoms with Gasteiger partial charge in [0.05, 0.1) is 0 Å². The standard InChI is InChI=1S/C10H12BrN3/c1-14-9(2-3-12)5-7-4-8(11)6-13-10(7)14/h4-6H,2-3,12H2,1H3. The lowest BCUT2D eigenvalue weighted by atomic mass is 10.3. The predicted molar refractivity (Wildman–Crippen MR) is 61.2 cm³/mol. The molecular formula is C10H12BrN3. The van der Waals surface area contributed by atoms with Crippen molar-refractivity contribution in [1.29, 1.82) is 0 Å². The van der Waals surface area contributed by atoms with Crippen LogP contribution in [0.2, 0.25) is 0 Å². The van der Waals surface area contributed by atoms with E-state index in [9.17, 15) is 0 Å². The maximum atomic E-state index is 5.54. The van der Waals surface area contributed by atoms with E-state index in [1.54, 1.807) is 0 Å². The van der Waals surface area contributed by atoms with Gasteiger partial charge in [-0.2, -0.15) is 0 Å². The van der Waals surface area contributed by atoms with Gasteiger partial charge in [0.25, 0.3) is 0 Å². The number of aromatic nitrogens is 2. The number of nitrogens with zero attached hydrogens (tertiary/aromatic N) is 2. The number of nitrogens with two attached hydrogens (primary N) is 1. The first-order valence-electron chi connectivity index (χ1n) is 4.52. The van der Waals surface area contributed by atoms with Crippen LogP contribution >= 0.6 is 15.9 Å². The van der Waals surface area contributed by atoms with Crippen molar-refractivity contribution in [2.75, 3.05) is 6.54 Å². The highest BCUT2D eigenvalue weighted by Crippen LogP contribution is 2.20. The van der Waals surface area contributed by atoms with Gasteiger partial charge in [0, 0.05) is 28.8 Å². The SMILES string of the molecule is Cn1c(CCN)cc2cc(Br)cnc21. The van der Waals surface area contributed by atoms with Crippen LogP contribution in [-0.4, -0.2) is 16.1 Å². The zero-order valence-corrected chi connectivity index (χ0v) is 9.58. The van der Waals surface area contributed by atoms with E-state index in [0.29, 0.717) is 6.54 Å². The minimum atomic E-state index is 0.672. The number of rotatable bonds is 2. The van der Waals surface area contributed by atoms with Crippen LogP contribution in [0.3, 0.4) is 0 Å². The number of halogens is 1. The van der Waals surface area contributed by atoms with Crippen molar-refractivity contribution >= 4 is 27.0 Å². The van der Waals surface area contributed by atoms with Crippen LogP contribution in [0.15, 0.2) is 22.8 Å². The molecule has 0 saturated heterocycles. The lowest BCUT2D eigenvalue weighted by Crippen LogP contribution is -2.06. The van der Waals surface area contributed by atoms with Crippen LogP contribution in [-0.2, 0) is 13.5 Å². The van der Waals surface area contributed by atoms with Crippen molar-refractivity contribution < 1.29 is 0 Å². The smallest absolute Gasteiger partial charge is 0.139 e. The lowest BCUT2D eigenvalue weighted by molar-refractivity contribution is 0.820. The van der Waals surface area contributed by atoms with E-state index >= 15 is 0 Å². The van der Waals surface area contributed by atoms with Gasteiger partial charge in [-0.25, -0.2) is 4.98 Å². The Balaban J connectivity index is 2.61. The molecule has 4 heteroatoms. The topological polar surface area (TPSA) is 43.8 Å². The van der Waals surface area contributed by atoms with E-state index in [-0.39, 0.29) is 0 Å². The molecule has 74 valence electrons. The van der Waals surface area contributed by atoms with Crippen LogP contribution in [0.4, 0.5) is 0 Å². The molecule has 2 aromatic heterocycles. The summed E-state index contributed by atoms with van der Waals surface area (Å²) in [5, 5.41) is 1.16. The molecule has 0 spiro atoms. The minimum Gasteiger partial charge on any atom is -0.333 e. The zero-order valence-electron chi connectivity index (χ0n) is 8.00. The van der Waals surface area contributed by atoms with Crippen molar-refractivity contribution in [2.24, 2.45) is 12.8 Å². The number of hydrogen-bond donors (Lipinski definition) is 1. The van der Waals surface area contributed by atoms with Gasteiger partial charge in [-0.3, -0.25) is 0 Å². The summed E-state index contributed by atoms with van der Waals surface area (Å²) in [6.07, 6.45) is 2.71.